The number of hydrogen-bond acceptors (Lipinski definition) is 1. The molecule has 1 heteroatoms. The molecule has 0 unspecified atom stereocenters. The summed E-state index contributed by atoms with van der Waals surface area (Å²) in [5.41, 5.74) is 4.80. The quantitative estimate of drug-likeness (QED) is 0.432. The number of thiocarbonyl (C=S) groups is 1. The van der Waals surface area contributed by atoms with E-state index in [1.807, 2.05) is 6.08 Å². The summed E-state index contributed by atoms with van der Waals surface area (Å²) in [6.07, 6.45) is 4.05. The molecule has 0 saturated heterocycles. The van der Waals surface area contributed by atoms with Crippen molar-refractivity contribution in [2.24, 2.45) is 0 Å². The molecule has 2 aromatic rings. The van der Waals surface area contributed by atoms with Crippen molar-refractivity contribution in [1.29, 1.82) is 0 Å². The van der Waals surface area contributed by atoms with Crippen molar-refractivity contribution in [1.82, 2.24) is 0 Å². The summed E-state index contributed by atoms with van der Waals surface area (Å²) < 4.78 is 0. The lowest BCUT2D eigenvalue weighted by molar-refractivity contribution is 1.46. The maximum Gasteiger partial charge on any atom is 0.0449 e. The van der Waals surface area contributed by atoms with Gasteiger partial charge in [-0.3, -0.25) is 0 Å². The van der Waals surface area contributed by atoms with E-state index in [9.17, 15) is 0 Å². The van der Waals surface area contributed by atoms with Crippen molar-refractivity contribution in [3.05, 3.63) is 76.9 Å². The molecule has 0 aromatic heterocycles. The van der Waals surface area contributed by atoms with Crippen LogP contribution in [-0.2, 0) is 0 Å². The summed E-state index contributed by atoms with van der Waals surface area (Å²) in [5, 5.41) is 0. The number of rotatable bonds is 3. The van der Waals surface area contributed by atoms with E-state index in [4.69, 9.17) is 12.2 Å². The van der Waals surface area contributed by atoms with E-state index in [-0.39, 0.29) is 0 Å². The van der Waals surface area contributed by atoms with Crippen molar-refractivity contribution in [2.75, 3.05) is 0 Å². The van der Waals surface area contributed by atoms with Crippen LogP contribution in [0.4, 0.5) is 0 Å². The van der Waals surface area contributed by atoms with Gasteiger partial charge in [-0.1, -0.05) is 78.0 Å². The zero-order valence-electron chi connectivity index (χ0n) is 10.7. The van der Waals surface area contributed by atoms with Gasteiger partial charge in [-0.2, -0.15) is 0 Å². The minimum atomic E-state index is 0.871. The highest BCUT2D eigenvalue weighted by atomic mass is 32.1. The summed E-state index contributed by atoms with van der Waals surface area (Å²) in [6, 6.07) is 16.7. The van der Waals surface area contributed by atoms with Crippen LogP contribution < -0.4 is 0 Å². The number of aryl methyl sites for hydroxylation is 2. The van der Waals surface area contributed by atoms with Crippen LogP contribution in [0.3, 0.4) is 0 Å². The van der Waals surface area contributed by atoms with Gasteiger partial charge in [0.1, 0.15) is 0 Å². The number of hydrogen-bond donors (Lipinski definition) is 0. The first-order valence-corrected chi connectivity index (χ1v) is 6.42. The molecule has 0 heterocycles. The SMILES string of the molecule is Cc1ccc(/C=C/C(=S)c2ccc(C)cc2)cc1. The molecular weight excluding hydrogens is 236 g/mol. The standard InChI is InChI=1S/C17H16S/c1-13-3-7-15(8-4-13)9-12-17(18)16-10-5-14(2)6-11-16/h3-12H,1-2H3/b12-9+. The van der Waals surface area contributed by atoms with Gasteiger partial charge in [-0.15, -0.1) is 0 Å². The molecule has 0 saturated carbocycles. The number of benzene rings is 2. The second-order valence-electron chi connectivity index (χ2n) is 4.47. The molecule has 0 amide bonds. The van der Waals surface area contributed by atoms with E-state index >= 15 is 0 Å². The Labute approximate surface area is 114 Å². The zero-order valence-corrected chi connectivity index (χ0v) is 11.5. The fourth-order valence-electron chi connectivity index (χ4n) is 1.66. The highest BCUT2D eigenvalue weighted by molar-refractivity contribution is 7.81. The van der Waals surface area contributed by atoms with Gasteiger partial charge in [-0.25, -0.2) is 0 Å². The lowest BCUT2D eigenvalue weighted by Gasteiger charge is -2.00. The van der Waals surface area contributed by atoms with E-state index in [1.165, 1.54) is 16.7 Å². The molecule has 2 aromatic carbocycles. The molecule has 0 spiro atoms. The van der Waals surface area contributed by atoms with E-state index in [2.05, 4.69) is 68.5 Å². The predicted molar refractivity (Wildman–Crippen MR) is 83.1 cm³/mol. The van der Waals surface area contributed by atoms with Gasteiger partial charge in [-0.05, 0) is 31.1 Å². The fraction of sp³-hybridized carbons (Fsp3) is 0.118. The Bertz CT molecular complexity index is 560. The molecule has 90 valence electrons. The van der Waals surface area contributed by atoms with Crippen LogP contribution in [-0.4, -0.2) is 4.86 Å². The first-order valence-electron chi connectivity index (χ1n) is 6.01. The summed E-state index contributed by atoms with van der Waals surface area (Å²) in [7, 11) is 0. The summed E-state index contributed by atoms with van der Waals surface area (Å²) in [4.78, 5) is 0.871. The minimum Gasteiger partial charge on any atom is -0.0795 e. The molecule has 0 fully saturated rings. The Hall–Kier alpha value is -1.73. The molecule has 0 N–H and O–H groups in total. The van der Waals surface area contributed by atoms with E-state index in [0.29, 0.717) is 0 Å². The summed E-state index contributed by atoms with van der Waals surface area (Å²) in [6.45, 7) is 4.17. The topological polar surface area (TPSA) is 0 Å². The van der Waals surface area contributed by atoms with Crippen LogP contribution in [0.2, 0.25) is 0 Å². The highest BCUT2D eigenvalue weighted by Crippen LogP contribution is 2.09. The molecule has 0 nitrogen and oxygen atoms in total. The molecular formula is C17H16S. The Balaban J connectivity index is 2.11. The highest BCUT2D eigenvalue weighted by Gasteiger charge is 1.96. The lowest BCUT2D eigenvalue weighted by Crippen LogP contribution is -1.91. The average Bonchev–Trinajstić information content (AvgIpc) is 2.38. The van der Waals surface area contributed by atoms with Crippen molar-refractivity contribution < 1.29 is 0 Å². The van der Waals surface area contributed by atoms with Crippen LogP contribution in [0.5, 0.6) is 0 Å². The fourth-order valence-corrected chi connectivity index (χ4v) is 1.87. The van der Waals surface area contributed by atoms with Gasteiger partial charge in [0, 0.05) is 4.86 Å². The van der Waals surface area contributed by atoms with Crippen LogP contribution in [0, 0.1) is 13.8 Å². The monoisotopic (exact) mass is 252 g/mol. The van der Waals surface area contributed by atoms with Crippen LogP contribution in [0.1, 0.15) is 22.3 Å². The first-order chi connectivity index (χ1) is 8.65. The lowest BCUT2D eigenvalue weighted by atomic mass is 10.1. The third-order valence-corrected chi connectivity index (χ3v) is 3.21. The van der Waals surface area contributed by atoms with Crippen molar-refractivity contribution >= 4 is 23.2 Å². The van der Waals surface area contributed by atoms with Crippen LogP contribution in [0.25, 0.3) is 6.08 Å². The molecule has 0 aliphatic carbocycles. The summed E-state index contributed by atoms with van der Waals surface area (Å²) in [5.74, 6) is 0. The Morgan fingerprint density at radius 3 is 1.89 bits per heavy atom. The zero-order chi connectivity index (χ0) is 13.0. The maximum absolute atomic E-state index is 5.40. The summed E-state index contributed by atoms with van der Waals surface area (Å²) >= 11 is 5.40. The van der Waals surface area contributed by atoms with Gasteiger partial charge in [0.2, 0.25) is 0 Å². The molecule has 18 heavy (non-hydrogen) atoms. The van der Waals surface area contributed by atoms with E-state index in [1.54, 1.807) is 0 Å². The average molecular weight is 252 g/mol. The first kappa shape index (κ1) is 12.7. The smallest absolute Gasteiger partial charge is 0.0449 e. The Morgan fingerprint density at radius 1 is 0.833 bits per heavy atom. The molecule has 0 aliphatic rings. The van der Waals surface area contributed by atoms with Crippen molar-refractivity contribution in [3.8, 4) is 0 Å². The third kappa shape index (κ3) is 3.38. The molecule has 0 atom stereocenters. The molecule has 2 rings (SSSR count). The van der Waals surface area contributed by atoms with E-state index < -0.39 is 0 Å². The predicted octanol–water partition coefficient (Wildman–Crippen LogP) is 4.73. The van der Waals surface area contributed by atoms with Crippen molar-refractivity contribution in [2.45, 2.75) is 13.8 Å². The third-order valence-electron chi connectivity index (χ3n) is 2.84. The maximum atomic E-state index is 5.40. The van der Waals surface area contributed by atoms with Gasteiger partial charge >= 0.3 is 0 Å². The van der Waals surface area contributed by atoms with Gasteiger partial charge < -0.3 is 0 Å². The van der Waals surface area contributed by atoms with Crippen LogP contribution >= 0.6 is 12.2 Å². The molecule has 0 bridgehead atoms. The molecule has 0 radical (unpaired) electrons. The second-order valence-corrected chi connectivity index (χ2v) is 4.91. The van der Waals surface area contributed by atoms with Gasteiger partial charge in [0.05, 0.1) is 0 Å². The normalized spacial score (nSPS) is 10.8. The largest absolute Gasteiger partial charge is 0.0795 e. The van der Waals surface area contributed by atoms with Crippen molar-refractivity contribution in [3.63, 3.8) is 0 Å². The second kappa shape index (κ2) is 5.74. The van der Waals surface area contributed by atoms with Gasteiger partial charge in [0.25, 0.3) is 0 Å². The number of allylic oxidation sites excluding steroid dienone is 1. The Morgan fingerprint density at radius 2 is 1.33 bits per heavy atom. The van der Waals surface area contributed by atoms with Gasteiger partial charge in [0.15, 0.2) is 0 Å². The minimum absolute atomic E-state index is 0.871. The van der Waals surface area contributed by atoms with E-state index in [0.717, 1.165) is 10.4 Å². The molecule has 0 aliphatic heterocycles. The van der Waals surface area contributed by atoms with Crippen LogP contribution in [0.15, 0.2) is 54.6 Å². The Kier molecular flexibility index (Phi) is 4.06.